The van der Waals surface area contributed by atoms with Crippen LogP contribution in [0.25, 0.3) is 10.8 Å². The fourth-order valence-corrected chi connectivity index (χ4v) is 2.41. The molecule has 0 heterocycles. The minimum atomic E-state index is -4.55. The third-order valence-corrected chi connectivity index (χ3v) is 3.09. The second-order valence-corrected chi connectivity index (χ2v) is 5.20. The summed E-state index contributed by atoms with van der Waals surface area (Å²) in [6, 6.07) is 10.7. The highest BCUT2D eigenvalue weighted by atomic mass is 79.9. The molecule has 2 N–H and O–H groups in total. The summed E-state index contributed by atoms with van der Waals surface area (Å²) < 4.78 is 16.0. The predicted molar refractivity (Wildman–Crippen MR) is 64.3 cm³/mol. The molecule has 0 aliphatic carbocycles. The maximum atomic E-state index is 10.8. The first-order valence-corrected chi connectivity index (χ1v) is 6.72. The molecule has 0 aliphatic heterocycles. The number of hydrogen-bond acceptors (Lipinski definition) is 2. The summed E-state index contributed by atoms with van der Waals surface area (Å²) in [7, 11) is -4.55. The Hall–Kier alpha value is -0.870. The van der Waals surface area contributed by atoms with E-state index in [2.05, 4.69) is 20.5 Å². The number of benzene rings is 2. The molecule has 0 fully saturated rings. The van der Waals surface area contributed by atoms with Crippen LogP contribution in [0.4, 0.5) is 0 Å². The third-order valence-electron chi connectivity index (χ3n) is 2.04. The quantitative estimate of drug-likeness (QED) is 0.837. The first-order chi connectivity index (χ1) is 7.47. The van der Waals surface area contributed by atoms with E-state index in [9.17, 15) is 4.57 Å². The summed E-state index contributed by atoms with van der Waals surface area (Å²) in [6.45, 7) is 0. The van der Waals surface area contributed by atoms with Crippen molar-refractivity contribution in [3.8, 4) is 5.75 Å². The van der Waals surface area contributed by atoms with Crippen LogP contribution in [0.1, 0.15) is 0 Å². The molecule has 0 spiro atoms. The van der Waals surface area contributed by atoms with Gasteiger partial charge in [0.1, 0.15) is 0 Å². The minimum absolute atomic E-state index is 0.159. The first-order valence-electron chi connectivity index (χ1n) is 4.40. The largest absolute Gasteiger partial charge is 0.524 e. The normalized spacial score (nSPS) is 11.7. The van der Waals surface area contributed by atoms with Gasteiger partial charge >= 0.3 is 7.82 Å². The molecule has 0 unspecified atom stereocenters. The summed E-state index contributed by atoms with van der Waals surface area (Å²) in [5.41, 5.74) is 0. The Balaban J connectivity index is 2.66. The third kappa shape index (κ3) is 2.44. The number of hydrogen-bond donors (Lipinski definition) is 2. The highest BCUT2D eigenvalue weighted by Crippen LogP contribution is 2.44. The average molecular weight is 303 g/mol. The van der Waals surface area contributed by atoms with Crippen molar-refractivity contribution in [1.29, 1.82) is 0 Å². The molecule has 16 heavy (non-hydrogen) atoms. The van der Waals surface area contributed by atoms with Crippen LogP contribution in [0.3, 0.4) is 0 Å². The molecule has 0 amide bonds. The fraction of sp³-hybridized carbons (Fsp3) is 0. The molecular formula is C10H8BrO4P. The second kappa shape index (κ2) is 4.18. The molecule has 2 aromatic rings. The van der Waals surface area contributed by atoms with Crippen LogP contribution in [-0.2, 0) is 4.57 Å². The van der Waals surface area contributed by atoms with Gasteiger partial charge in [0.15, 0.2) is 5.75 Å². The zero-order chi connectivity index (χ0) is 11.8. The Morgan fingerprint density at radius 1 is 1.12 bits per heavy atom. The van der Waals surface area contributed by atoms with Gasteiger partial charge in [-0.1, -0.05) is 30.3 Å². The minimum Gasteiger partial charge on any atom is -0.402 e. The zero-order valence-electron chi connectivity index (χ0n) is 8.00. The van der Waals surface area contributed by atoms with Gasteiger partial charge in [-0.05, 0) is 27.4 Å². The molecule has 0 aromatic heterocycles. The van der Waals surface area contributed by atoms with Crippen LogP contribution in [0.15, 0.2) is 40.9 Å². The lowest BCUT2D eigenvalue weighted by atomic mass is 10.1. The molecule has 4 nitrogen and oxygen atoms in total. The summed E-state index contributed by atoms with van der Waals surface area (Å²) in [5.74, 6) is 0.159. The van der Waals surface area contributed by atoms with Crippen molar-refractivity contribution in [2.45, 2.75) is 0 Å². The SMILES string of the molecule is O=P(O)(O)Oc1c(Br)ccc2ccccc12. The van der Waals surface area contributed by atoms with Crippen LogP contribution in [-0.4, -0.2) is 9.79 Å². The molecule has 0 aliphatic rings. The predicted octanol–water partition coefficient (Wildman–Crippen LogP) is 3.07. The summed E-state index contributed by atoms with van der Waals surface area (Å²) >= 11 is 3.20. The number of phosphoric acid groups is 1. The standard InChI is InChI=1S/C10H8BrO4P/c11-9-6-5-7-3-1-2-4-8(7)10(9)15-16(12,13)14/h1-6H,(H2,12,13,14). The van der Waals surface area contributed by atoms with Crippen molar-refractivity contribution in [1.82, 2.24) is 0 Å². The smallest absolute Gasteiger partial charge is 0.402 e. The van der Waals surface area contributed by atoms with Gasteiger partial charge in [0, 0.05) is 5.39 Å². The maximum absolute atomic E-state index is 10.8. The fourth-order valence-electron chi connectivity index (χ4n) is 1.43. The van der Waals surface area contributed by atoms with Crippen molar-refractivity contribution < 1.29 is 18.9 Å². The number of fused-ring (bicyclic) bond motifs is 1. The Morgan fingerprint density at radius 3 is 2.50 bits per heavy atom. The molecule has 6 heteroatoms. The van der Waals surface area contributed by atoms with E-state index >= 15 is 0 Å². The number of halogens is 1. The lowest BCUT2D eigenvalue weighted by Crippen LogP contribution is -1.92. The molecule has 0 radical (unpaired) electrons. The van der Waals surface area contributed by atoms with Crippen molar-refractivity contribution >= 4 is 34.5 Å². The van der Waals surface area contributed by atoms with Crippen LogP contribution >= 0.6 is 23.8 Å². The molecule has 84 valence electrons. The van der Waals surface area contributed by atoms with E-state index in [1.807, 2.05) is 18.2 Å². The van der Waals surface area contributed by atoms with Crippen LogP contribution < -0.4 is 4.52 Å². The molecule has 2 rings (SSSR count). The van der Waals surface area contributed by atoms with E-state index in [1.54, 1.807) is 18.2 Å². The highest BCUT2D eigenvalue weighted by Gasteiger charge is 2.19. The molecule has 0 bridgehead atoms. The molecule has 2 aromatic carbocycles. The van der Waals surface area contributed by atoms with Gasteiger partial charge in [-0.25, -0.2) is 4.57 Å². The van der Waals surface area contributed by atoms with Crippen LogP contribution in [0.2, 0.25) is 0 Å². The van der Waals surface area contributed by atoms with Crippen molar-refractivity contribution in [2.24, 2.45) is 0 Å². The van der Waals surface area contributed by atoms with Gasteiger partial charge < -0.3 is 4.52 Å². The van der Waals surface area contributed by atoms with Gasteiger partial charge in [0.25, 0.3) is 0 Å². The Morgan fingerprint density at radius 2 is 1.81 bits per heavy atom. The van der Waals surface area contributed by atoms with Gasteiger partial charge in [0.05, 0.1) is 4.47 Å². The zero-order valence-corrected chi connectivity index (χ0v) is 10.5. The van der Waals surface area contributed by atoms with Crippen LogP contribution in [0.5, 0.6) is 5.75 Å². The van der Waals surface area contributed by atoms with Crippen molar-refractivity contribution in [3.05, 3.63) is 40.9 Å². The number of phosphoric ester groups is 1. The lowest BCUT2D eigenvalue weighted by Gasteiger charge is -2.11. The van der Waals surface area contributed by atoms with E-state index in [1.165, 1.54) is 0 Å². The Bertz CT molecular complexity index is 578. The molecule has 0 saturated heterocycles. The summed E-state index contributed by atoms with van der Waals surface area (Å²) in [4.78, 5) is 17.6. The van der Waals surface area contributed by atoms with Gasteiger partial charge in [0.2, 0.25) is 0 Å². The molecule has 0 saturated carbocycles. The van der Waals surface area contributed by atoms with Gasteiger partial charge in [-0.3, -0.25) is 9.79 Å². The van der Waals surface area contributed by atoms with Crippen molar-refractivity contribution in [3.63, 3.8) is 0 Å². The van der Waals surface area contributed by atoms with E-state index in [-0.39, 0.29) is 5.75 Å². The second-order valence-electron chi connectivity index (χ2n) is 3.18. The van der Waals surface area contributed by atoms with Gasteiger partial charge in [-0.15, -0.1) is 0 Å². The monoisotopic (exact) mass is 302 g/mol. The first kappa shape index (κ1) is 11.6. The summed E-state index contributed by atoms with van der Waals surface area (Å²) in [6.07, 6.45) is 0. The Kier molecular flexibility index (Phi) is 3.04. The average Bonchev–Trinajstić information content (AvgIpc) is 2.21. The highest BCUT2D eigenvalue weighted by molar-refractivity contribution is 9.10. The maximum Gasteiger partial charge on any atom is 0.524 e. The molecular weight excluding hydrogens is 295 g/mol. The van der Waals surface area contributed by atoms with E-state index in [4.69, 9.17) is 9.79 Å². The number of rotatable bonds is 2. The topological polar surface area (TPSA) is 66.8 Å². The van der Waals surface area contributed by atoms with E-state index in [0.717, 1.165) is 5.39 Å². The van der Waals surface area contributed by atoms with E-state index in [0.29, 0.717) is 9.86 Å². The summed E-state index contributed by atoms with van der Waals surface area (Å²) in [5, 5.41) is 1.51. The molecule has 0 atom stereocenters. The lowest BCUT2D eigenvalue weighted by molar-refractivity contribution is 0.284. The van der Waals surface area contributed by atoms with Gasteiger partial charge in [-0.2, -0.15) is 0 Å². The van der Waals surface area contributed by atoms with Crippen molar-refractivity contribution in [2.75, 3.05) is 0 Å². The Labute approximate surface area is 100 Å². The van der Waals surface area contributed by atoms with Crippen LogP contribution in [0, 0.1) is 0 Å². The van der Waals surface area contributed by atoms with E-state index < -0.39 is 7.82 Å².